The molecular weight excluding hydrogens is 354 g/mol. The Balaban J connectivity index is 1.37. The maximum atomic E-state index is 12.6. The molecule has 1 heterocycles. The number of carbonyl (C=O) groups is 1. The van der Waals surface area contributed by atoms with Gasteiger partial charge in [-0.25, -0.2) is 4.98 Å². The van der Waals surface area contributed by atoms with Gasteiger partial charge in [-0.1, -0.05) is 30.3 Å². The molecule has 1 amide bonds. The molecule has 0 aliphatic heterocycles. The Morgan fingerprint density at radius 1 is 1.18 bits per heavy atom. The largest absolute Gasteiger partial charge is 0.497 e. The van der Waals surface area contributed by atoms with Crippen LogP contribution in [0.4, 0.5) is 0 Å². The van der Waals surface area contributed by atoms with Crippen LogP contribution >= 0.6 is 0 Å². The molecule has 2 atom stereocenters. The first kappa shape index (κ1) is 18.1. The van der Waals surface area contributed by atoms with Gasteiger partial charge in [0.05, 0.1) is 32.7 Å². The molecule has 6 heteroatoms. The van der Waals surface area contributed by atoms with Crippen molar-refractivity contribution in [2.24, 2.45) is 5.92 Å². The number of hydrogen-bond acceptors (Lipinski definition) is 4. The van der Waals surface area contributed by atoms with E-state index in [9.17, 15) is 4.79 Å². The first-order valence-electron chi connectivity index (χ1n) is 9.28. The molecule has 1 aliphatic carbocycles. The molecule has 0 spiro atoms. The van der Waals surface area contributed by atoms with Crippen molar-refractivity contribution in [1.29, 1.82) is 0 Å². The number of nitrogens with zero attached hydrogens (tertiary/aromatic N) is 1. The highest BCUT2D eigenvalue weighted by molar-refractivity contribution is 5.83. The minimum Gasteiger partial charge on any atom is -0.497 e. The van der Waals surface area contributed by atoms with Crippen molar-refractivity contribution in [2.45, 2.75) is 18.9 Å². The first-order chi connectivity index (χ1) is 13.7. The Morgan fingerprint density at radius 2 is 2.00 bits per heavy atom. The van der Waals surface area contributed by atoms with Gasteiger partial charge in [0, 0.05) is 17.4 Å². The highest BCUT2D eigenvalue weighted by Crippen LogP contribution is 2.51. The molecule has 1 aromatic heterocycles. The predicted octanol–water partition coefficient (Wildman–Crippen LogP) is 3.51. The van der Waals surface area contributed by atoms with Crippen molar-refractivity contribution in [3.63, 3.8) is 0 Å². The lowest BCUT2D eigenvalue weighted by Gasteiger charge is -2.10. The summed E-state index contributed by atoms with van der Waals surface area (Å²) in [5.74, 6) is 2.44. The van der Waals surface area contributed by atoms with Gasteiger partial charge in [0.1, 0.15) is 17.3 Å². The molecule has 0 bridgehead atoms. The zero-order valence-corrected chi connectivity index (χ0v) is 15.9. The van der Waals surface area contributed by atoms with Crippen LogP contribution in [0.15, 0.2) is 54.7 Å². The van der Waals surface area contributed by atoms with E-state index < -0.39 is 0 Å². The van der Waals surface area contributed by atoms with Crippen LogP contribution in [0.5, 0.6) is 11.5 Å². The van der Waals surface area contributed by atoms with E-state index in [0.29, 0.717) is 6.54 Å². The van der Waals surface area contributed by atoms with Crippen LogP contribution in [0.1, 0.15) is 23.7 Å². The second kappa shape index (κ2) is 7.76. The summed E-state index contributed by atoms with van der Waals surface area (Å²) in [7, 11) is 3.28. The second-order valence-corrected chi connectivity index (χ2v) is 6.88. The third kappa shape index (κ3) is 3.71. The number of nitrogens with one attached hydrogen (secondary N) is 2. The van der Waals surface area contributed by atoms with Crippen molar-refractivity contribution < 1.29 is 14.3 Å². The summed E-state index contributed by atoms with van der Waals surface area (Å²) in [6.45, 7) is 0.379. The van der Waals surface area contributed by atoms with Crippen LogP contribution in [0.2, 0.25) is 0 Å². The van der Waals surface area contributed by atoms with E-state index in [-0.39, 0.29) is 17.7 Å². The zero-order valence-electron chi connectivity index (χ0n) is 15.9. The number of imidazole rings is 1. The minimum absolute atomic E-state index is 0.0348. The molecule has 2 N–H and O–H groups in total. The molecule has 3 aromatic rings. The van der Waals surface area contributed by atoms with E-state index >= 15 is 0 Å². The lowest BCUT2D eigenvalue weighted by molar-refractivity contribution is -0.122. The lowest BCUT2D eigenvalue weighted by atomic mass is 10.1. The summed E-state index contributed by atoms with van der Waals surface area (Å²) in [4.78, 5) is 20.2. The molecule has 1 saturated carbocycles. The Bertz CT molecular complexity index is 968. The fourth-order valence-electron chi connectivity index (χ4n) is 3.48. The van der Waals surface area contributed by atoms with Gasteiger partial charge in [-0.15, -0.1) is 0 Å². The zero-order chi connectivity index (χ0) is 19.5. The average molecular weight is 377 g/mol. The predicted molar refractivity (Wildman–Crippen MR) is 106 cm³/mol. The fourth-order valence-corrected chi connectivity index (χ4v) is 3.48. The highest BCUT2D eigenvalue weighted by Gasteiger charge is 2.45. The molecule has 2 aromatic carbocycles. The summed E-state index contributed by atoms with van der Waals surface area (Å²) in [6.07, 6.45) is 2.60. The molecular formula is C22H23N3O3. The Kier molecular flexibility index (Phi) is 5.02. The van der Waals surface area contributed by atoms with Crippen LogP contribution in [-0.2, 0) is 11.3 Å². The number of rotatable bonds is 7. The Hall–Kier alpha value is -3.28. The van der Waals surface area contributed by atoms with E-state index in [4.69, 9.17) is 9.47 Å². The lowest BCUT2D eigenvalue weighted by Crippen LogP contribution is -2.25. The van der Waals surface area contributed by atoms with E-state index in [1.54, 1.807) is 20.4 Å². The number of amides is 1. The van der Waals surface area contributed by atoms with Gasteiger partial charge < -0.3 is 19.8 Å². The summed E-state index contributed by atoms with van der Waals surface area (Å²) in [6, 6.07) is 15.7. The fraction of sp³-hybridized carbons (Fsp3) is 0.273. The molecule has 1 aliphatic rings. The van der Waals surface area contributed by atoms with Crippen LogP contribution < -0.4 is 14.8 Å². The monoisotopic (exact) mass is 377 g/mol. The molecule has 4 rings (SSSR count). The number of methoxy groups -OCH3 is 2. The molecule has 0 radical (unpaired) electrons. The van der Waals surface area contributed by atoms with Crippen molar-refractivity contribution in [2.75, 3.05) is 14.2 Å². The topological polar surface area (TPSA) is 76.2 Å². The molecule has 0 saturated heterocycles. The average Bonchev–Trinajstić information content (AvgIpc) is 3.41. The van der Waals surface area contributed by atoms with E-state index in [1.165, 1.54) is 0 Å². The number of H-pyrrole nitrogens is 1. The van der Waals surface area contributed by atoms with Crippen molar-refractivity contribution in [3.05, 3.63) is 66.1 Å². The summed E-state index contributed by atoms with van der Waals surface area (Å²) < 4.78 is 10.7. The van der Waals surface area contributed by atoms with Gasteiger partial charge in [-0.2, -0.15) is 0 Å². The Labute approximate surface area is 163 Å². The van der Waals surface area contributed by atoms with Crippen LogP contribution in [0, 0.1) is 5.92 Å². The van der Waals surface area contributed by atoms with E-state index in [0.717, 1.165) is 40.6 Å². The van der Waals surface area contributed by atoms with Crippen LogP contribution in [0.3, 0.4) is 0 Å². The molecule has 2 unspecified atom stereocenters. The molecule has 6 nitrogen and oxygen atoms in total. The van der Waals surface area contributed by atoms with Gasteiger partial charge in [0.2, 0.25) is 5.91 Å². The molecule has 1 fully saturated rings. The number of benzene rings is 2. The third-order valence-corrected chi connectivity index (χ3v) is 5.11. The smallest absolute Gasteiger partial charge is 0.224 e. The number of aromatic nitrogens is 2. The van der Waals surface area contributed by atoms with E-state index in [1.807, 2.05) is 48.5 Å². The van der Waals surface area contributed by atoms with Crippen molar-refractivity contribution in [1.82, 2.24) is 15.3 Å². The third-order valence-electron chi connectivity index (χ3n) is 5.11. The summed E-state index contributed by atoms with van der Waals surface area (Å²) >= 11 is 0. The number of ether oxygens (including phenoxy) is 2. The van der Waals surface area contributed by atoms with Crippen molar-refractivity contribution >= 4 is 5.91 Å². The highest BCUT2D eigenvalue weighted by atomic mass is 16.5. The van der Waals surface area contributed by atoms with Gasteiger partial charge in [-0.05, 0) is 30.2 Å². The summed E-state index contributed by atoms with van der Waals surface area (Å²) in [5.41, 5.74) is 3.03. The quantitative estimate of drug-likeness (QED) is 0.661. The second-order valence-electron chi connectivity index (χ2n) is 6.88. The minimum atomic E-state index is -0.0513. The van der Waals surface area contributed by atoms with Gasteiger partial charge in [-0.3, -0.25) is 4.79 Å². The van der Waals surface area contributed by atoms with Crippen LogP contribution in [-0.4, -0.2) is 30.1 Å². The first-order valence-corrected chi connectivity index (χ1v) is 9.28. The number of carbonyl (C=O) groups excluding carboxylic acids is 1. The molecule has 144 valence electrons. The van der Waals surface area contributed by atoms with Gasteiger partial charge in [0.25, 0.3) is 0 Å². The van der Waals surface area contributed by atoms with Gasteiger partial charge in [0.15, 0.2) is 0 Å². The van der Waals surface area contributed by atoms with Gasteiger partial charge >= 0.3 is 0 Å². The Morgan fingerprint density at radius 3 is 2.75 bits per heavy atom. The number of hydrogen-bond donors (Lipinski definition) is 2. The van der Waals surface area contributed by atoms with Crippen molar-refractivity contribution in [3.8, 4) is 22.8 Å². The normalized spacial score (nSPS) is 17.8. The standard InChI is InChI=1S/C22H23N3O3/c1-27-15-8-9-20(28-2)17(10-15)16-11-18(16)22(26)24-13-21-23-12-19(25-21)14-6-4-3-5-7-14/h3-10,12,16,18H,11,13H2,1-2H3,(H,23,25)(H,24,26). The summed E-state index contributed by atoms with van der Waals surface area (Å²) in [5, 5.41) is 2.99. The van der Waals surface area contributed by atoms with E-state index in [2.05, 4.69) is 15.3 Å². The SMILES string of the molecule is COc1ccc(OC)c(C2CC2C(=O)NCc2ncc(-c3ccccc3)[nH]2)c1. The molecule has 28 heavy (non-hydrogen) atoms. The van der Waals surface area contributed by atoms with Crippen LogP contribution in [0.25, 0.3) is 11.3 Å². The maximum absolute atomic E-state index is 12.6. The maximum Gasteiger partial charge on any atom is 0.224 e. The number of aromatic amines is 1.